The number of benzene rings is 1. The van der Waals surface area contributed by atoms with E-state index in [1.54, 1.807) is 17.8 Å². The largest absolute Gasteiger partial charge is 0.354 e. The molecule has 0 fully saturated rings. The third kappa shape index (κ3) is 11.9. The molecule has 1 heterocycles. The maximum Gasteiger partial charge on any atom is 0.229 e. The lowest BCUT2D eigenvalue weighted by molar-refractivity contribution is -0.115. The fraction of sp³-hybridized carbons (Fsp3) is 0.300. The molecule has 0 saturated heterocycles. The van der Waals surface area contributed by atoms with Gasteiger partial charge in [0.15, 0.2) is 5.82 Å². The minimum Gasteiger partial charge on any atom is -0.354 e. The first-order valence-electron chi connectivity index (χ1n) is 12.4. The van der Waals surface area contributed by atoms with Crippen molar-refractivity contribution in [3.8, 4) is 0 Å². The summed E-state index contributed by atoms with van der Waals surface area (Å²) in [5.74, 6) is 0.311. The van der Waals surface area contributed by atoms with E-state index in [2.05, 4.69) is 47.1 Å². The van der Waals surface area contributed by atoms with E-state index in [4.69, 9.17) is 5.73 Å². The minimum atomic E-state index is -0.137. The molecule has 37 heavy (non-hydrogen) atoms. The zero-order valence-corrected chi connectivity index (χ0v) is 22.9. The zero-order valence-electron chi connectivity index (χ0n) is 22.1. The van der Waals surface area contributed by atoms with Crippen LogP contribution in [0.4, 0.5) is 5.82 Å². The van der Waals surface area contributed by atoms with E-state index in [1.165, 1.54) is 0 Å². The van der Waals surface area contributed by atoms with E-state index in [0.717, 1.165) is 63.7 Å². The number of hydrogen-bond donors (Lipinski definition) is 3. The molecule has 0 spiro atoms. The second kappa shape index (κ2) is 15.6. The summed E-state index contributed by atoms with van der Waals surface area (Å²) in [5, 5.41) is 15.3. The molecule has 7 heteroatoms. The summed E-state index contributed by atoms with van der Waals surface area (Å²) in [6, 6.07) is 11.4. The summed E-state index contributed by atoms with van der Waals surface area (Å²) < 4.78 is 0. The molecule has 1 unspecified atom stereocenters. The summed E-state index contributed by atoms with van der Waals surface area (Å²) in [4.78, 5) is 13.4. The number of anilines is 1. The molecule has 1 aromatic heterocycles. The third-order valence-corrected chi connectivity index (χ3v) is 6.24. The van der Waals surface area contributed by atoms with E-state index >= 15 is 0 Å². The summed E-state index contributed by atoms with van der Waals surface area (Å²) in [5.41, 5.74) is 10.6. The molecule has 0 aliphatic rings. The third-order valence-electron chi connectivity index (χ3n) is 5.39. The second-order valence-corrected chi connectivity index (χ2v) is 10.3. The Morgan fingerprint density at radius 1 is 1.14 bits per heavy atom. The van der Waals surface area contributed by atoms with Gasteiger partial charge < -0.3 is 16.4 Å². The smallest absolute Gasteiger partial charge is 0.229 e. The average Bonchev–Trinajstić information content (AvgIpc) is 2.82. The van der Waals surface area contributed by atoms with Gasteiger partial charge in [0.05, 0.1) is 17.1 Å². The Balaban J connectivity index is 1.67. The average molecular weight is 518 g/mol. The van der Waals surface area contributed by atoms with Gasteiger partial charge in [-0.25, -0.2) is 0 Å². The highest BCUT2D eigenvalue weighted by Crippen LogP contribution is 2.26. The Morgan fingerprint density at radius 2 is 1.92 bits per heavy atom. The summed E-state index contributed by atoms with van der Waals surface area (Å²) in [6.07, 6.45) is 8.52. The predicted octanol–water partition coefficient (Wildman–Crippen LogP) is 6.73. The van der Waals surface area contributed by atoms with Crippen LogP contribution in [0.25, 0.3) is 0 Å². The van der Waals surface area contributed by atoms with Crippen LogP contribution in [0.15, 0.2) is 96.1 Å². The SMILES string of the molecule is C=C(/C=C\C)CC(=C)NC(=C)SC(=C)CCCCc1ccc(NC(=O)Cc2cccc(C(C)N)c2)nn1. The number of nitrogens with one attached hydrogen (secondary N) is 2. The number of nitrogens with two attached hydrogens (primary N) is 1. The van der Waals surface area contributed by atoms with Crippen LogP contribution >= 0.6 is 11.8 Å². The lowest BCUT2D eigenvalue weighted by Gasteiger charge is -2.13. The molecule has 0 radical (unpaired) electrons. The highest BCUT2D eigenvalue weighted by Gasteiger charge is 2.08. The number of carbonyl (C=O) groups excluding carboxylic acids is 1. The van der Waals surface area contributed by atoms with Crippen molar-refractivity contribution in [2.75, 3.05) is 5.32 Å². The number of aromatic nitrogens is 2. The van der Waals surface area contributed by atoms with Crippen molar-refractivity contribution in [2.45, 2.75) is 58.4 Å². The first-order chi connectivity index (χ1) is 17.7. The molecule has 0 aliphatic carbocycles. The van der Waals surface area contributed by atoms with Crippen molar-refractivity contribution in [3.63, 3.8) is 0 Å². The normalized spacial score (nSPS) is 11.6. The number of unbranched alkanes of at least 4 members (excludes halogenated alkanes) is 1. The Bertz CT molecular complexity index is 1130. The Kier molecular flexibility index (Phi) is 12.6. The zero-order chi connectivity index (χ0) is 27.2. The van der Waals surface area contributed by atoms with Crippen LogP contribution in [0.2, 0.25) is 0 Å². The first kappa shape index (κ1) is 29.8. The van der Waals surface area contributed by atoms with E-state index in [9.17, 15) is 4.79 Å². The highest BCUT2D eigenvalue weighted by molar-refractivity contribution is 8.06. The number of amides is 1. The van der Waals surface area contributed by atoms with Crippen LogP contribution in [-0.4, -0.2) is 16.1 Å². The Hall–Kier alpha value is -3.42. The maximum absolute atomic E-state index is 12.4. The van der Waals surface area contributed by atoms with Gasteiger partial charge in [0, 0.05) is 18.2 Å². The molecule has 2 aromatic rings. The number of aryl methyl sites for hydroxylation is 1. The van der Waals surface area contributed by atoms with Gasteiger partial charge in [-0.2, -0.15) is 5.10 Å². The molecule has 0 bridgehead atoms. The van der Waals surface area contributed by atoms with E-state index in [0.29, 0.717) is 12.2 Å². The van der Waals surface area contributed by atoms with Crippen molar-refractivity contribution in [2.24, 2.45) is 5.73 Å². The van der Waals surface area contributed by atoms with Crippen molar-refractivity contribution in [1.29, 1.82) is 0 Å². The number of nitrogens with zero attached hydrogens (tertiary/aromatic N) is 2. The molecule has 0 aliphatic heterocycles. The van der Waals surface area contributed by atoms with E-state index in [-0.39, 0.29) is 18.4 Å². The monoisotopic (exact) mass is 517 g/mol. The van der Waals surface area contributed by atoms with Gasteiger partial charge in [0.2, 0.25) is 5.91 Å². The number of carbonyl (C=O) groups is 1. The van der Waals surface area contributed by atoms with Crippen LogP contribution in [0.5, 0.6) is 0 Å². The van der Waals surface area contributed by atoms with Gasteiger partial charge in [0.25, 0.3) is 0 Å². The van der Waals surface area contributed by atoms with Crippen molar-refractivity contribution < 1.29 is 4.79 Å². The molecule has 1 aromatic carbocycles. The molecule has 1 amide bonds. The highest BCUT2D eigenvalue weighted by atomic mass is 32.2. The van der Waals surface area contributed by atoms with Gasteiger partial charge in [-0.05, 0) is 73.3 Å². The van der Waals surface area contributed by atoms with Gasteiger partial charge in [-0.3, -0.25) is 4.79 Å². The Labute approximate surface area is 225 Å². The molecule has 2 rings (SSSR count). The van der Waals surface area contributed by atoms with Crippen LogP contribution in [0, 0.1) is 0 Å². The van der Waals surface area contributed by atoms with Gasteiger partial charge in [-0.15, -0.1) is 5.10 Å². The molecular formula is C30H39N5OS. The fourth-order valence-corrected chi connectivity index (χ4v) is 4.40. The first-order valence-corrected chi connectivity index (χ1v) is 13.2. The van der Waals surface area contributed by atoms with E-state index in [1.807, 2.05) is 56.3 Å². The lowest BCUT2D eigenvalue weighted by atomic mass is 10.0. The van der Waals surface area contributed by atoms with E-state index < -0.39 is 0 Å². The minimum absolute atomic E-state index is 0.0699. The maximum atomic E-state index is 12.4. The van der Waals surface area contributed by atoms with Crippen LogP contribution in [-0.2, 0) is 17.6 Å². The fourth-order valence-electron chi connectivity index (χ4n) is 3.61. The number of allylic oxidation sites excluding steroid dienone is 4. The number of thioether (sulfide) groups is 1. The van der Waals surface area contributed by atoms with Gasteiger partial charge in [0.1, 0.15) is 0 Å². The van der Waals surface area contributed by atoms with Crippen molar-refractivity contribution >= 4 is 23.5 Å². The second-order valence-electron chi connectivity index (χ2n) is 9.00. The Morgan fingerprint density at radius 3 is 2.59 bits per heavy atom. The van der Waals surface area contributed by atoms with Crippen LogP contribution in [0.1, 0.15) is 62.4 Å². The summed E-state index contributed by atoms with van der Waals surface area (Å²) in [6.45, 7) is 20.1. The molecule has 1 atom stereocenters. The molecule has 0 saturated carbocycles. The molecular weight excluding hydrogens is 478 g/mol. The topological polar surface area (TPSA) is 92.9 Å². The predicted molar refractivity (Wildman–Crippen MR) is 158 cm³/mol. The molecule has 6 nitrogen and oxygen atoms in total. The standard InChI is InChI=1S/C30H39N5OS/c1-7-11-21(2)18-22(3)32-25(6)37-23(4)12-8-9-15-28-16-17-29(35-34-28)33-30(36)20-26-13-10-14-27(19-26)24(5)31/h7,10-11,13-14,16-17,19,24,32H,2-4,6,8-9,12,15,18,20,31H2,1,5H3,(H,33,35,36)/b11-7-. The summed E-state index contributed by atoms with van der Waals surface area (Å²) >= 11 is 1.54. The van der Waals surface area contributed by atoms with Crippen molar-refractivity contribution in [3.05, 3.63) is 113 Å². The van der Waals surface area contributed by atoms with Gasteiger partial charge in [-0.1, -0.05) is 74.5 Å². The quantitative estimate of drug-likeness (QED) is 0.169. The van der Waals surface area contributed by atoms with Crippen molar-refractivity contribution in [1.82, 2.24) is 15.5 Å². The van der Waals surface area contributed by atoms with Gasteiger partial charge >= 0.3 is 0 Å². The number of rotatable bonds is 16. The molecule has 4 N–H and O–H groups in total. The summed E-state index contributed by atoms with van der Waals surface area (Å²) in [7, 11) is 0. The van der Waals surface area contributed by atoms with Crippen LogP contribution < -0.4 is 16.4 Å². The molecule has 196 valence electrons. The van der Waals surface area contributed by atoms with Crippen LogP contribution in [0.3, 0.4) is 0 Å². The number of hydrogen-bond acceptors (Lipinski definition) is 6. The lowest BCUT2D eigenvalue weighted by Crippen LogP contribution is -2.16.